The zero-order valence-corrected chi connectivity index (χ0v) is 10.9. The molecule has 1 aromatic carbocycles. The summed E-state index contributed by atoms with van der Waals surface area (Å²) in [5.74, 6) is -0.919. The summed E-state index contributed by atoms with van der Waals surface area (Å²) in [6.45, 7) is 1.77. The number of carbonyl (C=O) groups is 2. The number of aromatic nitrogens is 1. The maximum absolute atomic E-state index is 12.1. The van der Waals surface area contributed by atoms with Crippen LogP contribution in [0.5, 0.6) is 0 Å². The molecule has 0 aliphatic carbocycles. The average molecular weight is 270 g/mol. The van der Waals surface area contributed by atoms with Crippen LogP contribution < -0.4 is 16.8 Å². The molecule has 6 heteroatoms. The standard InChI is InChI=1S/C14H14N4O2/c1-8-7-9(13(16)19)4-5-11(8)18-14(20)12-10(15)3-2-6-17-12/h2-7H,15H2,1H3,(H2,16,19)(H,18,20). The second kappa shape index (κ2) is 5.40. The molecule has 6 nitrogen and oxygen atoms in total. The Hall–Kier alpha value is -2.89. The van der Waals surface area contributed by atoms with Gasteiger partial charge in [-0.2, -0.15) is 0 Å². The molecule has 0 aliphatic heterocycles. The molecule has 0 bridgehead atoms. The second-order valence-corrected chi connectivity index (χ2v) is 4.29. The van der Waals surface area contributed by atoms with E-state index in [1.165, 1.54) is 6.20 Å². The van der Waals surface area contributed by atoms with E-state index in [-0.39, 0.29) is 5.69 Å². The lowest BCUT2D eigenvalue weighted by Crippen LogP contribution is -2.17. The largest absolute Gasteiger partial charge is 0.397 e. The molecule has 0 aliphatic rings. The number of aryl methyl sites for hydroxylation is 1. The van der Waals surface area contributed by atoms with Crippen LogP contribution in [0.25, 0.3) is 0 Å². The normalized spacial score (nSPS) is 10.1. The zero-order chi connectivity index (χ0) is 14.7. The highest BCUT2D eigenvalue weighted by molar-refractivity contribution is 6.06. The van der Waals surface area contributed by atoms with E-state index in [1.807, 2.05) is 0 Å². The summed E-state index contributed by atoms with van der Waals surface area (Å²) in [5.41, 5.74) is 13.0. The Bertz CT molecular complexity index is 683. The number of hydrogen-bond donors (Lipinski definition) is 3. The van der Waals surface area contributed by atoms with Crippen molar-refractivity contribution in [1.29, 1.82) is 0 Å². The Balaban J connectivity index is 2.25. The number of benzene rings is 1. The Labute approximate surface area is 115 Å². The Morgan fingerprint density at radius 3 is 2.60 bits per heavy atom. The van der Waals surface area contributed by atoms with Crippen molar-refractivity contribution in [3.05, 3.63) is 53.3 Å². The molecule has 2 amide bonds. The molecule has 0 fully saturated rings. The summed E-state index contributed by atoms with van der Waals surface area (Å²) in [4.78, 5) is 27.1. The molecule has 1 heterocycles. The third-order valence-corrected chi connectivity index (χ3v) is 2.81. The van der Waals surface area contributed by atoms with Crippen molar-refractivity contribution in [2.75, 3.05) is 11.1 Å². The zero-order valence-electron chi connectivity index (χ0n) is 10.9. The maximum Gasteiger partial charge on any atom is 0.276 e. The number of carbonyl (C=O) groups excluding carboxylic acids is 2. The van der Waals surface area contributed by atoms with Crippen molar-refractivity contribution < 1.29 is 9.59 Å². The van der Waals surface area contributed by atoms with Crippen LogP contribution in [0.4, 0.5) is 11.4 Å². The van der Waals surface area contributed by atoms with Gasteiger partial charge in [-0.1, -0.05) is 0 Å². The average Bonchev–Trinajstić information content (AvgIpc) is 2.41. The molecule has 2 rings (SSSR count). The number of nitrogens with zero attached hydrogens (tertiary/aromatic N) is 1. The van der Waals surface area contributed by atoms with Gasteiger partial charge >= 0.3 is 0 Å². The number of rotatable bonds is 3. The van der Waals surface area contributed by atoms with Gasteiger partial charge in [0.2, 0.25) is 5.91 Å². The van der Waals surface area contributed by atoms with Crippen molar-refractivity contribution in [1.82, 2.24) is 4.98 Å². The number of amides is 2. The van der Waals surface area contributed by atoms with Crippen molar-refractivity contribution in [3.8, 4) is 0 Å². The fourth-order valence-corrected chi connectivity index (χ4v) is 1.75. The molecule has 0 spiro atoms. The molecular formula is C14H14N4O2. The fraction of sp³-hybridized carbons (Fsp3) is 0.0714. The van der Waals surface area contributed by atoms with Crippen LogP contribution in [-0.4, -0.2) is 16.8 Å². The second-order valence-electron chi connectivity index (χ2n) is 4.29. The van der Waals surface area contributed by atoms with Crippen LogP contribution in [0.3, 0.4) is 0 Å². The van der Waals surface area contributed by atoms with Gasteiger partial charge in [-0.3, -0.25) is 9.59 Å². The van der Waals surface area contributed by atoms with Crippen LogP contribution >= 0.6 is 0 Å². The molecule has 20 heavy (non-hydrogen) atoms. The van der Waals surface area contributed by atoms with Gasteiger partial charge in [-0.05, 0) is 42.8 Å². The first-order valence-electron chi connectivity index (χ1n) is 5.91. The summed E-state index contributed by atoms with van der Waals surface area (Å²) in [5, 5.41) is 2.70. The van der Waals surface area contributed by atoms with E-state index < -0.39 is 11.8 Å². The number of pyridine rings is 1. The minimum Gasteiger partial charge on any atom is -0.397 e. The SMILES string of the molecule is Cc1cc(C(N)=O)ccc1NC(=O)c1ncccc1N. The number of nitrogens with one attached hydrogen (secondary N) is 1. The van der Waals surface area contributed by atoms with Crippen LogP contribution in [0.15, 0.2) is 36.5 Å². The van der Waals surface area contributed by atoms with Crippen LogP contribution in [0.1, 0.15) is 26.4 Å². The van der Waals surface area contributed by atoms with E-state index >= 15 is 0 Å². The first-order chi connectivity index (χ1) is 9.49. The van der Waals surface area contributed by atoms with Gasteiger partial charge in [0.05, 0.1) is 5.69 Å². The molecule has 0 atom stereocenters. The van der Waals surface area contributed by atoms with Crippen molar-refractivity contribution >= 4 is 23.2 Å². The lowest BCUT2D eigenvalue weighted by Gasteiger charge is -2.10. The molecule has 102 valence electrons. The van der Waals surface area contributed by atoms with E-state index in [1.54, 1.807) is 37.3 Å². The molecule has 0 unspecified atom stereocenters. The van der Waals surface area contributed by atoms with E-state index in [2.05, 4.69) is 10.3 Å². The minimum absolute atomic E-state index is 0.158. The van der Waals surface area contributed by atoms with E-state index in [9.17, 15) is 9.59 Å². The third-order valence-electron chi connectivity index (χ3n) is 2.81. The van der Waals surface area contributed by atoms with Gasteiger partial charge in [0.15, 0.2) is 5.69 Å². The summed E-state index contributed by atoms with van der Waals surface area (Å²) >= 11 is 0. The predicted octanol–water partition coefficient (Wildman–Crippen LogP) is 1.32. The number of anilines is 2. The number of nitrogens with two attached hydrogens (primary N) is 2. The van der Waals surface area contributed by atoms with Crippen molar-refractivity contribution in [3.63, 3.8) is 0 Å². The highest BCUT2D eigenvalue weighted by Gasteiger charge is 2.12. The van der Waals surface area contributed by atoms with Crippen LogP contribution in [0.2, 0.25) is 0 Å². The molecule has 2 aromatic rings. The Morgan fingerprint density at radius 2 is 2.00 bits per heavy atom. The lowest BCUT2D eigenvalue weighted by molar-refractivity contribution is 0.0998. The summed E-state index contributed by atoms with van der Waals surface area (Å²) in [7, 11) is 0. The van der Waals surface area contributed by atoms with Gasteiger partial charge in [0.25, 0.3) is 5.91 Å². The van der Waals surface area contributed by atoms with Gasteiger partial charge in [0.1, 0.15) is 0 Å². The van der Waals surface area contributed by atoms with Crippen molar-refractivity contribution in [2.45, 2.75) is 6.92 Å². The van der Waals surface area contributed by atoms with Crippen LogP contribution in [-0.2, 0) is 0 Å². The van der Waals surface area contributed by atoms with Gasteiger partial charge in [0, 0.05) is 17.4 Å². The number of nitrogen functional groups attached to an aromatic ring is 1. The molecule has 5 N–H and O–H groups in total. The van der Waals surface area contributed by atoms with Gasteiger partial charge in [-0.15, -0.1) is 0 Å². The quantitative estimate of drug-likeness (QED) is 0.781. The minimum atomic E-state index is -0.514. The maximum atomic E-state index is 12.1. The number of hydrogen-bond acceptors (Lipinski definition) is 4. The first-order valence-corrected chi connectivity index (χ1v) is 5.91. The van der Waals surface area contributed by atoms with Crippen LogP contribution in [0, 0.1) is 6.92 Å². The molecule has 0 saturated carbocycles. The molecule has 0 radical (unpaired) electrons. The smallest absolute Gasteiger partial charge is 0.276 e. The van der Waals surface area contributed by atoms with Gasteiger partial charge in [-0.25, -0.2) is 4.98 Å². The molecule has 1 aromatic heterocycles. The predicted molar refractivity (Wildman–Crippen MR) is 76.3 cm³/mol. The number of primary amides is 1. The lowest BCUT2D eigenvalue weighted by atomic mass is 10.1. The summed E-state index contributed by atoms with van der Waals surface area (Å²) in [6.07, 6.45) is 1.49. The Kier molecular flexibility index (Phi) is 3.65. The monoisotopic (exact) mass is 270 g/mol. The van der Waals surface area contributed by atoms with E-state index in [0.29, 0.717) is 16.9 Å². The van der Waals surface area contributed by atoms with Crippen molar-refractivity contribution in [2.24, 2.45) is 5.73 Å². The van der Waals surface area contributed by atoms with Gasteiger partial charge < -0.3 is 16.8 Å². The molecule has 0 saturated heterocycles. The highest BCUT2D eigenvalue weighted by atomic mass is 16.2. The highest BCUT2D eigenvalue weighted by Crippen LogP contribution is 2.18. The molecular weight excluding hydrogens is 256 g/mol. The van der Waals surface area contributed by atoms with E-state index in [4.69, 9.17) is 11.5 Å². The fourth-order valence-electron chi connectivity index (χ4n) is 1.75. The Morgan fingerprint density at radius 1 is 1.25 bits per heavy atom. The third kappa shape index (κ3) is 2.74. The van der Waals surface area contributed by atoms with E-state index in [0.717, 1.165) is 5.56 Å². The topological polar surface area (TPSA) is 111 Å². The first kappa shape index (κ1) is 13.5. The summed E-state index contributed by atoms with van der Waals surface area (Å²) in [6, 6.07) is 8.03. The summed E-state index contributed by atoms with van der Waals surface area (Å²) < 4.78 is 0.